The molecule has 0 aromatic rings. The Morgan fingerprint density at radius 3 is 1.47 bits per heavy atom. The smallest absolute Gasteiger partial charge is 0.112 e. The van der Waals surface area contributed by atoms with Crippen LogP contribution in [-0.4, -0.2) is 35.3 Å². The van der Waals surface area contributed by atoms with Gasteiger partial charge in [0.05, 0.1) is 0 Å². The van der Waals surface area contributed by atoms with Crippen LogP contribution in [0, 0.1) is 0 Å². The molecule has 0 unspecified atom stereocenters. The average molecular weight is 290 g/mol. The molecule has 0 saturated heterocycles. The van der Waals surface area contributed by atoms with Gasteiger partial charge in [0.1, 0.15) is 16.5 Å². The highest BCUT2D eigenvalue weighted by Gasteiger charge is 2.34. The largest absolute Gasteiger partial charge is 0.346 e. The molecule has 0 aliphatic rings. The second kappa shape index (κ2) is 6.17. The van der Waals surface area contributed by atoms with Gasteiger partial charge < -0.3 is 4.23 Å². The standard InChI is InChI=1S/C13H35NSi3/c1-10-17(8,9)13-11-12-14(15(2,3)4)16(5,6)7/h10-13H2,1-9H3. The minimum Gasteiger partial charge on any atom is -0.346 e. The van der Waals surface area contributed by atoms with E-state index in [1.165, 1.54) is 25.1 Å². The first-order chi connectivity index (χ1) is 7.40. The minimum atomic E-state index is -1.12. The van der Waals surface area contributed by atoms with Gasteiger partial charge in [-0.15, -0.1) is 0 Å². The molecule has 0 aromatic carbocycles. The molecule has 0 spiro atoms. The van der Waals surface area contributed by atoms with E-state index < -0.39 is 24.5 Å². The fourth-order valence-corrected chi connectivity index (χ4v) is 13.7. The van der Waals surface area contributed by atoms with E-state index in [4.69, 9.17) is 0 Å². The summed E-state index contributed by atoms with van der Waals surface area (Å²) < 4.78 is 2.93. The molecule has 17 heavy (non-hydrogen) atoms. The third-order valence-corrected chi connectivity index (χ3v) is 15.1. The highest BCUT2D eigenvalue weighted by Crippen LogP contribution is 2.23. The predicted molar refractivity (Wildman–Crippen MR) is 90.8 cm³/mol. The van der Waals surface area contributed by atoms with Crippen molar-refractivity contribution in [2.24, 2.45) is 0 Å². The first-order valence-electron chi connectivity index (χ1n) is 7.18. The molecule has 0 aliphatic carbocycles. The maximum Gasteiger partial charge on any atom is 0.112 e. The molecule has 0 N–H and O–H groups in total. The van der Waals surface area contributed by atoms with Crippen LogP contribution in [0.4, 0.5) is 0 Å². The maximum atomic E-state index is 2.93. The molecule has 104 valence electrons. The highest BCUT2D eigenvalue weighted by atomic mass is 28.4. The summed E-state index contributed by atoms with van der Waals surface area (Å²) in [5, 5.41) is 0. The van der Waals surface area contributed by atoms with Crippen LogP contribution >= 0.6 is 0 Å². The van der Waals surface area contributed by atoms with Gasteiger partial charge in [-0.3, -0.25) is 0 Å². The fraction of sp³-hybridized carbons (Fsp3) is 1.00. The quantitative estimate of drug-likeness (QED) is 0.591. The van der Waals surface area contributed by atoms with E-state index >= 15 is 0 Å². The zero-order valence-corrected chi connectivity index (χ0v) is 16.8. The molecule has 0 heterocycles. The zero-order chi connectivity index (χ0) is 13.9. The van der Waals surface area contributed by atoms with Gasteiger partial charge in [0.25, 0.3) is 0 Å². The first-order valence-corrected chi connectivity index (χ1v) is 17.5. The lowest BCUT2D eigenvalue weighted by Gasteiger charge is -2.44. The minimum absolute atomic E-state index is 0.858. The SMILES string of the molecule is CC[Si](C)(C)CCCN([Si](C)(C)C)[Si](C)(C)C. The summed E-state index contributed by atoms with van der Waals surface area (Å²) in [5.74, 6) is 0. The van der Waals surface area contributed by atoms with Crippen LogP contribution in [0.15, 0.2) is 0 Å². The van der Waals surface area contributed by atoms with Crippen LogP contribution in [0.25, 0.3) is 0 Å². The van der Waals surface area contributed by atoms with Crippen molar-refractivity contribution in [1.29, 1.82) is 0 Å². The summed E-state index contributed by atoms with van der Waals surface area (Å²) in [5.41, 5.74) is 0. The first kappa shape index (κ1) is 17.6. The molecule has 0 rings (SSSR count). The van der Waals surface area contributed by atoms with Gasteiger partial charge >= 0.3 is 0 Å². The van der Waals surface area contributed by atoms with Crippen molar-refractivity contribution in [3.63, 3.8) is 0 Å². The Morgan fingerprint density at radius 1 is 0.765 bits per heavy atom. The second-order valence-electron chi connectivity index (χ2n) is 8.11. The van der Waals surface area contributed by atoms with Crippen molar-refractivity contribution in [1.82, 2.24) is 4.23 Å². The van der Waals surface area contributed by atoms with Crippen molar-refractivity contribution in [2.45, 2.75) is 77.8 Å². The van der Waals surface area contributed by atoms with Crippen molar-refractivity contribution in [3.8, 4) is 0 Å². The molecule has 0 radical (unpaired) electrons. The molecule has 0 bridgehead atoms. The topological polar surface area (TPSA) is 3.24 Å². The van der Waals surface area contributed by atoms with Crippen LogP contribution in [-0.2, 0) is 0 Å². The van der Waals surface area contributed by atoms with Crippen molar-refractivity contribution in [2.75, 3.05) is 6.54 Å². The Kier molecular flexibility index (Phi) is 6.39. The van der Waals surface area contributed by atoms with E-state index in [2.05, 4.69) is 63.5 Å². The van der Waals surface area contributed by atoms with Crippen LogP contribution in [0.2, 0.25) is 64.5 Å². The zero-order valence-electron chi connectivity index (χ0n) is 13.8. The van der Waals surface area contributed by atoms with Crippen LogP contribution in [0.5, 0.6) is 0 Å². The predicted octanol–water partition coefficient (Wildman–Crippen LogP) is 5.08. The van der Waals surface area contributed by atoms with Gasteiger partial charge in [0, 0.05) is 8.07 Å². The van der Waals surface area contributed by atoms with Crippen LogP contribution in [0.1, 0.15) is 13.3 Å². The number of hydrogen-bond donors (Lipinski definition) is 0. The lowest BCUT2D eigenvalue weighted by molar-refractivity contribution is 0.598. The van der Waals surface area contributed by atoms with Gasteiger partial charge in [0.15, 0.2) is 0 Å². The van der Waals surface area contributed by atoms with Crippen molar-refractivity contribution >= 4 is 24.5 Å². The summed E-state index contributed by atoms with van der Waals surface area (Å²) in [6.07, 6.45) is 1.43. The lowest BCUT2D eigenvalue weighted by Crippen LogP contribution is -2.59. The molecule has 0 aliphatic heterocycles. The molecule has 0 saturated carbocycles. The van der Waals surface area contributed by atoms with E-state index in [0.717, 1.165) is 0 Å². The Balaban J connectivity index is 4.41. The van der Waals surface area contributed by atoms with E-state index in [1.54, 1.807) is 0 Å². The normalized spacial score (nSPS) is 14.5. The maximum absolute atomic E-state index is 2.93. The van der Waals surface area contributed by atoms with Crippen molar-refractivity contribution < 1.29 is 0 Å². The monoisotopic (exact) mass is 289 g/mol. The van der Waals surface area contributed by atoms with Crippen LogP contribution < -0.4 is 0 Å². The summed E-state index contributed by atoms with van der Waals surface area (Å²) in [6.45, 7) is 23.9. The highest BCUT2D eigenvalue weighted by molar-refractivity contribution is 6.89. The van der Waals surface area contributed by atoms with Gasteiger partial charge in [-0.25, -0.2) is 0 Å². The average Bonchev–Trinajstić information content (AvgIpc) is 2.08. The van der Waals surface area contributed by atoms with E-state index in [0.29, 0.717) is 0 Å². The summed E-state index contributed by atoms with van der Waals surface area (Å²) in [6, 6.07) is 2.95. The Morgan fingerprint density at radius 2 is 1.18 bits per heavy atom. The molecular formula is C13H35NSi3. The third kappa shape index (κ3) is 6.94. The number of rotatable bonds is 7. The van der Waals surface area contributed by atoms with Gasteiger partial charge in [-0.2, -0.15) is 0 Å². The molecule has 0 atom stereocenters. The Bertz CT molecular complexity index is 212. The Labute approximate surface area is 113 Å². The molecule has 0 aromatic heterocycles. The third-order valence-electron chi connectivity index (χ3n) is 3.81. The van der Waals surface area contributed by atoms with E-state index in [1.807, 2.05) is 0 Å². The van der Waals surface area contributed by atoms with Crippen LogP contribution in [0.3, 0.4) is 0 Å². The number of hydrogen-bond acceptors (Lipinski definition) is 1. The molecule has 0 fully saturated rings. The number of nitrogens with zero attached hydrogens (tertiary/aromatic N) is 1. The fourth-order valence-electron chi connectivity index (χ4n) is 2.57. The van der Waals surface area contributed by atoms with Gasteiger partial charge in [-0.1, -0.05) is 71.4 Å². The lowest BCUT2D eigenvalue weighted by atomic mass is 10.5. The second-order valence-corrected chi connectivity index (χ2v) is 23.9. The van der Waals surface area contributed by atoms with Gasteiger partial charge in [-0.05, 0) is 13.0 Å². The molecule has 4 heteroatoms. The Hall–Kier alpha value is 0.611. The van der Waals surface area contributed by atoms with E-state index in [-0.39, 0.29) is 0 Å². The van der Waals surface area contributed by atoms with Gasteiger partial charge in [0.2, 0.25) is 0 Å². The summed E-state index contributed by atoms with van der Waals surface area (Å²) in [4.78, 5) is 0. The van der Waals surface area contributed by atoms with Crippen molar-refractivity contribution in [3.05, 3.63) is 0 Å². The summed E-state index contributed by atoms with van der Waals surface area (Å²) in [7, 11) is -3.09. The molecule has 0 amide bonds. The summed E-state index contributed by atoms with van der Waals surface area (Å²) >= 11 is 0. The molecule has 1 nitrogen and oxygen atoms in total. The van der Waals surface area contributed by atoms with E-state index in [9.17, 15) is 0 Å². The molecular weight excluding hydrogens is 254 g/mol.